The second-order valence-electron chi connectivity index (χ2n) is 4.19. The number of rotatable bonds is 2. The second kappa shape index (κ2) is 5.51. The van der Waals surface area contributed by atoms with Gasteiger partial charge in [0.05, 0.1) is 4.75 Å². The van der Waals surface area contributed by atoms with Gasteiger partial charge in [-0.3, -0.25) is 9.63 Å². The van der Waals surface area contributed by atoms with Gasteiger partial charge in [0.25, 0.3) is 0 Å². The summed E-state index contributed by atoms with van der Waals surface area (Å²) in [4.78, 5) is 32.0. The highest BCUT2D eigenvalue weighted by Gasteiger charge is 2.35. The summed E-state index contributed by atoms with van der Waals surface area (Å²) in [5, 5.41) is 4.07. The predicted octanol–water partition coefficient (Wildman–Crippen LogP) is 2.25. The predicted molar refractivity (Wildman–Crippen MR) is 71.8 cm³/mol. The summed E-state index contributed by atoms with van der Waals surface area (Å²) in [6, 6.07) is 0. The number of oxime groups is 1. The van der Waals surface area contributed by atoms with E-state index < -0.39 is 12.0 Å². The monoisotopic (exact) mass is 271 g/mol. The molecule has 0 saturated carbocycles. The molecule has 1 atom stereocenters. The Labute approximate surface area is 110 Å². The van der Waals surface area contributed by atoms with Crippen LogP contribution in [0, 0.1) is 0 Å². The Morgan fingerprint density at radius 3 is 2.61 bits per heavy atom. The molecular weight excluding hydrogens is 254 g/mol. The van der Waals surface area contributed by atoms with E-state index in [9.17, 15) is 9.59 Å². The van der Waals surface area contributed by atoms with Gasteiger partial charge < -0.3 is 0 Å². The van der Waals surface area contributed by atoms with Gasteiger partial charge >= 0.3 is 6.09 Å². The van der Waals surface area contributed by atoms with Crippen LogP contribution in [0.25, 0.3) is 0 Å². The normalized spacial score (nSPS) is 24.9. The minimum Gasteiger partial charge on any atom is -0.295 e. The first-order chi connectivity index (χ1) is 8.30. The quantitative estimate of drug-likeness (QED) is 0.570. The van der Waals surface area contributed by atoms with Crippen LogP contribution in [0.1, 0.15) is 34.1 Å². The molecule has 7 heteroatoms. The molecule has 0 aromatic rings. The fraction of sp³-hybridized carbons (Fsp3) is 0.636. The molecule has 100 valence electrons. The van der Waals surface area contributed by atoms with Crippen molar-refractivity contribution in [2.45, 2.75) is 38.9 Å². The summed E-state index contributed by atoms with van der Waals surface area (Å²) in [6.07, 6.45) is 0.0985. The number of nitrogens with zero attached hydrogens (tertiary/aromatic N) is 3. The lowest BCUT2D eigenvalue weighted by molar-refractivity contribution is -0.126. The molecule has 0 aromatic carbocycles. The molecule has 0 saturated heterocycles. The van der Waals surface area contributed by atoms with Gasteiger partial charge in [-0.05, 0) is 25.4 Å². The topological polar surface area (TPSA) is 71.3 Å². The summed E-state index contributed by atoms with van der Waals surface area (Å²) in [5.74, 6) is -0.405. The lowest BCUT2D eigenvalue weighted by Crippen LogP contribution is -2.30. The van der Waals surface area contributed by atoms with Crippen molar-refractivity contribution >= 4 is 34.6 Å². The van der Waals surface area contributed by atoms with Gasteiger partial charge in [-0.25, -0.2) is 14.7 Å². The molecule has 0 aromatic heterocycles. The van der Waals surface area contributed by atoms with Crippen LogP contribution in [0.5, 0.6) is 0 Å². The van der Waals surface area contributed by atoms with Gasteiger partial charge in [-0.2, -0.15) is 0 Å². The number of amides is 2. The van der Waals surface area contributed by atoms with E-state index in [1.54, 1.807) is 0 Å². The highest BCUT2D eigenvalue weighted by Crippen LogP contribution is 2.37. The first kappa shape index (κ1) is 14.7. The Morgan fingerprint density at radius 1 is 1.56 bits per heavy atom. The lowest BCUT2D eigenvalue weighted by Gasteiger charge is -2.19. The molecule has 18 heavy (non-hydrogen) atoms. The van der Waals surface area contributed by atoms with Gasteiger partial charge in [0, 0.05) is 19.7 Å². The Hall–Kier alpha value is -1.37. The minimum absolute atomic E-state index is 0.0995. The van der Waals surface area contributed by atoms with E-state index in [1.807, 2.05) is 6.92 Å². The zero-order chi connectivity index (χ0) is 13.9. The molecule has 0 aliphatic carbocycles. The number of aliphatic imine (C=N–C) groups is 1. The van der Waals surface area contributed by atoms with Gasteiger partial charge in [0.2, 0.25) is 11.1 Å². The van der Waals surface area contributed by atoms with Crippen LogP contribution in [-0.2, 0) is 9.63 Å². The highest BCUT2D eigenvalue weighted by atomic mass is 32.2. The molecule has 1 aliphatic heterocycles. The maximum absolute atomic E-state index is 11.4. The summed E-state index contributed by atoms with van der Waals surface area (Å²) in [7, 11) is 1.33. The first-order valence-corrected chi connectivity index (χ1v) is 6.40. The molecule has 1 unspecified atom stereocenters. The molecule has 0 radical (unpaired) electrons. The molecule has 1 rings (SSSR count). The number of carbonyl (C=O) groups is 2. The van der Waals surface area contributed by atoms with E-state index in [0.717, 1.165) is 17.0 Å². The third-order valence-electron chi connectivity index (χ3n) is 2.97. The molecular formula is C11H17N3O3S. The van der Waals surface area contributed by atoms with Crippen molar-refractivity contribution in [3.05, 3.63) is 0 Å². The third-order valence-corrected chi connectivity index (χ3v) is 4.35. The maximum Gasteiger partial charge on any atom is 0.442 e. The van der Waals surface area contributed by atoms with Gasteiger partial charge in [-0.1, -0.05) is 18.7 Å². The highest BCUT2D eigenvalue weighted by molar-refractivity contribution is 8.16. The smallest absolute Gasteiger partial charge is 0.295 e. The van der Waals surface area contributed by atoms with Crippen molar-refractivity contribution in [3.8, 4) is 0 Å². The van der Waals surface area contributed by atoms with E-state index >= 15 is 0 Å². The molecule has 6 nitrogen and oxygen atoms in total. The Kier molecular flexibility index (Phi) is 4.50. The van der Waals surface area contributed by atoms with Gasteiger partial charge in [0.1, 0.15) is 0 Å². The lowest BCUT2D eigenvalue weighted by atomic mass is 10.0. The zero-order valence-corrected chi connectivity index (χ0v) is 12.0. The van der Waals surface area contributed by atoms with Crippen molar-refractivity contribution in [2.75, 3.05) is 7.05 Å². The van der Waals surface area contributed by atoms with Crippen LogP contribution < -0.4 is 0 Å². The summed E-state index contributed by atoms with van der Waals surface area (Å²) < 4.78 is -0.0995. The Balaban J connectivity index is 2.67. The SMILES string of the molecule is CCC1(C)SC(=NOC(=O)N(C)C(C)=O)N=C1C. The average Bonchev–Trinajstić information content (AvgIpc) is 2.61. The number of amidine groups is 1. The van der Waals surface area contributed by atoms with E-state index in [2.05, 4.69) is 28.8 Å². The Morgan fingerprint density at radius 2 is 2.17 bits per heavy atom. The van der Waals surface area contributed by atoms with Crippen molar-refractivity contribution in [1.82, 2.24) is 4.90 Å². The third kappa shape index (κ3) is 3.10. The molecule has 1 heterocycles. The van der Waals surface area contributed by atoms with Crippen molar-refractivity contribution in [3.63, 3.8) is 0 Å². The number of carbonyl (C=O) groups excluding carboxylic acids is 2. The largest absolute Gasteiger partial charge is 0.442 e. The van der Waals surface area contributed by atoms with Crippen LogP contribution in [0.3, 0.4) is 0 Å². The average molecular weight is 271 g/mol. The summed E-state index contributed by atoms with van der Waals surface area (Å²) >= 11 is 1.45. The van der Waals surface area contributed by atoms with E-state index in [0.29, 0.717) is 5.17 Å². The fourth-order valence-corrected chi connectivity index (χ4v) is 2.19. The molecule has 2 amide bonds. The molecule has 0 N–H and O–H groups in total. The second-order valence-corrected chi connectivity index (χ2v) is 5.66. The van der Waals surface area contributed by atoms with Crippen LogP contribution in [0.15, 0.2) is 10.1 Å². The van der Waals surface area contributed by atoms with E-state index in [-0.39, 0.29) is 4.75 Å². The summed E-state index contributed by atoms with van der Waals surface area (Å²) in [6.45, 7) is 7.31. The molecule has 1 aliphatic rings. The van der Waals surface area contributed by atoms with Crippen LogP contribution in [-0.4, -0.2) is 39.6 Å². The zero-order valence-electron chi connectivity index (χ0n) is 11.2. The van der Waals surface area contributed by atoms with Crippen LogP contribution >= 0.6 is 11.8 Å². The molecule has 0 bridgehead atoms. The Bertz CT molecular complexity index is 433. The van der Waals surface area contributed by atoms with Crippen LogP contribution in [0.2, 0.25) is 0 Å². The standard InChI is InChI=1S/C11H17N3O3S/c1-6-11(4)7(2)12-9(18-11)13-17-10(16)14(5)8(3)15/h6H2,1-5H3. The minimum atomic E-state index is -0.812. The van der Waals surface area contributed by atoms with Crippen molar-refractivity contribution in [1.29, 1.82) is 0 Å². The maximum atomic E-state index is 11.4. The van der Waals surface area contributed by atoms with Gasteiger partial charge in [0.15, 0.2) is 0 Å². The summed E-state index contributed by atoms with van der Waals surface area (Å²) in [5.41, 5.74) is 0.949. The van der Waals surface area contributed by atoms with Crippen LogP contribution in [0.4, 0.5) is 4.79 Å². The number of hydrogen-bond acceptors (Lipinski definition) is 5. The van der Waals surface area contributed by atoms with Gasteiger partial charge in [-0.15, -0.1) is 0 Å². The van der Waals surface area contributed by atoms with E-state index in [1.165, 1.54) is 25.7 Å². The number of hydrogen-bond donors (Lipinski definition) is 0. The van der Waals surface area contributed by atoms with E-state index in [4.69, 9.17) is 0 Å². The van der Waals surface area contributed by atoms with Crippen molar-refractivity contribution < 1.29 is 14.4 Å². The number of thioether (sulfide) groups is 1. The van der Waals surface area contributed by atoms with Crippen molar-refractivity contribution in [2.24, 2.45) is 10.1 Å². The molecule has 0 spiro atoms. The molecule has 0 fully saturated rings. The first-order valence-electron chi connectivity index (χ1n) is 5.58. The fourth-order valence-electron chi connectivity index (χ4n) is 1.19. The number of imide groups is 1.